The van der Waals surface area contributed by atoms with E-state index in [1.807, 2.05) is 85.8 Å². The quantitative estimate of drug-likeness (QED) is 0.390. The van der Waals surface area contributed by atoms with Gasteiger partial charge in [0.05, 0.1) is 5.69 Å². The Bertz CT molecular complexity index is 1020. The van der Waals surface area contributed by atoms with Crippen molar-refractivity contribution in [3.05, 3.63) is 101 Å². The molecule has 0 aliphatic carbocycles. The van der Waals surface area contributed by atoms with Crippen LogP contribution in [0, 0.1) is 6.92 Å². The Hall–Kier alpha value is -3.04. The minimum absolute atomic E-state index is 0.614. The second kappa shape index (κ2) is 7.68. The number of hydrogen-bond acceptors (Lipinski definition) is 3. The van der Waals surface area contributed by atoms with Crippen LogP contribution in [0.25, 0.3) is 11.5 Å². The summed E-state index contributed by atoms with van der Waals surface area (Å²) >= 11 is 5.95. The summed E-state index contributed by atoms with van der Waals surface area (Å²) in [5.74, 6) is 3.07. The van der Waals surface area contributed by atoms with Crippen LogP contribution in [0.15, 0.2) is 83.3 Å². The normalized spacial score (nSPS) is 10.7. The smallest absolute Gasteiger partial charge is 0.226 e. The first kappa shape index (κ1) is 17.4. The van der Waals surface area contributed by atoms with Crippen molar-refractivity contribution in [1.82, 2.24) is 4.98 Å². The van der Waals surface area contributed by atoms with Crippen LogP contribution in [0.3, 0.4) is 0 Å². The second-order valence-electron chi connectivity index (χ2n) is 6.26. The molecule has 0 fully saturated rings. The van der Waals surface area contributed by atoms with E-state index in [1.54, 1.807) is 0 Å². The Kier molecular flexibility index (Phi) is 4.95. The predicted molar refractivity (Wildman–Crippen MR) is 107 cm³/mol. The van der Waals surface area contributed by atoms with Gasteiger partial charge in [-0.25, -0.2) is 4.98 Å². The number of aryl methyl sites for hydroxylation is 1. The molecular weight excluding hydrogens is 358 g/mol. The van der Waals surface area contributed by atoms with Crippen molar-refractivity contribution < 1.29 is 9.15 Å². The second-order valence-corrected chi connectivity index (χ2v) is 6.70. The monoisotopic (exact) mass is 375 g/mol. The van der Waals surface area contributed by atoms with E-state index in [1.165, 1.54) is 0 Å². The molecule has 0 radical (unpaired) electrons. The van der Waals surface area contributed by atoms with Crippen molar-refractivity contribution in [2.45, 2.75) is 13.3 Å². The molecule has 0 amide bonds. The number of rotatable bonds is 5. The third-order valence-corrected chi connectivity index (χ3v) is 4.51. The largest absolute Gasteiger partial charge is 0.457 e. The van der Waals surface area contributed by atoms with Gasteiger partial charge in [0.15, 0.2) is 0 Å². The number of nitrogens with zero attached hydrogens (tertiary/aromatic N) is 1. The highest BCUT2D eigenvalue weighted by atomic mass is 35.5. The SMILES string of the molecule is Cc1oc(-c2ccc(Cl)cc2)nc1Cc1ccc(Oc2ccccc2)cc1. The van der Waals surface area contributed by atoms with Gasteiger partial charge in [0, 0.05) is 17.0 Å². The Labute approximate surface area is 163 Å². The lowest BCUT2D eigenvalue weighted by Crippen LogP contribution is -1.91. The van der Waals surface area contributed by atoms with Crippen molar-refractivity contribution in [2.75, 3.05) is 0 Å². The van der Waals surface area contributed by atoms with Crippen molar-refractivity contribution in [1.29, 1.82) is 0 Å². The molecule has 0 bridgehead atoms. The van der Waals surface area contributed by atoms with Crippen molar-refractivity contribution in [3.63, 3.8) is 0 Å². The number of para-hydroxylation sites is 1. The van der Waals surface area contributed by atoms with E-state index < -0.39 is 0 Å². The molecule has 27 heavy (non-hydrogen) atoms. The van der Waals surface area contributed by atoms with E-state index in [-0.39, 0.29) is 0 Å². The molecule has 134 valence electrons. The van der Waals surface area contributed by atoms with Crippen molar-refractivity contribution in [2.24, 2.45) is 0 Å². The fraction of sp³-hybridized carbons (Fsp3) is 0.0870. The molecule has 1 aromatic heterocycles. The van der Waals surface area contributed by atoms with Crippen LogP contribution in [-0.4, -0.2) is 4.98 Å². The summed E-state index contributed by atoms with van der Waals surface area (Å²) in [4.78, 5) is 4.65. The Morgan fingerprint density at radius 1 is 0.852 bits per heavy atom. The van der Waals surface area contributed by atoms with Crippen LogP contribution in [0.1, 0.15) is 17.0 Å². The molecule has 0 unspecified atom stereocenters. The summed E-state index contributed by atoms with van der Waals surface area (Å²) in [5.41, 5.74) is 2.99. The zero-order valence-corrected chi connectivity index (χ0v) is 15.6. The molecule has 0 saturated carbocycles. The van der Waals surface area contributed by atoms with Crippen LogP contribution < -0.4 is 4.74 Å². The summed E-state index contributed by atoms with van der Waals surface area (Å²) in [7, 11) is 0. The van der Waals surface area contributed by atoms with Crippen LogP contribution in [0.2, 0.25) is 5.02 Å². The van der Waals surface area contributed by atoms with E-state index in [9.17, 15) is 0 Å². The highest BCUT2D eigenvalue weighted by Crippen LogP contribution is 2.26. The van der Waals surface area contributed by atoms with Gasteiger partial charge in [0.25, 0.3) is 0 Å². The van der Waals surface area contributed by atoms with E-state index in [0.29, 0.717) is 17.3 Å². The summed E-state index contributed by atoms with van der Waals surface area (Å²) < 4.78 is 11.7. The van der Waals surface area contributed by atoms with Crippen molar-refractivity contribution in [3.8, 4) is 23.0 Å². The summed E-state index contributed by atoms with van der Waals surface area (Å²) in [6.07, 6.45) is 0.703. The number of ether oxygens (including phenoxy) is 1. The average molecular weight is 376 g/mol. The van der Waals surface area contributed by atoms with Crippen LogP contribution in [0.5, 0.6) is 11.5 Å². The maximum atomic E-state index is 5.95. The highest BCUT2D eigenvalue weighted by Gasteiger charge is 2.12. The number of oxazole rings is 1. The van der Waals surface area contributed by atoms with Gasteiger partial charge in [-0.05, 0) is 61.0 Å². The third kappa shape index (κ3) is 4.21. The average Bonchev–Trinajstić information content (AvgIpc) is 3.05. The van der Waals surface area contributed by atoms with Crippen LogP contribution in [0.4, 0.5) is 0 Å². The molecule has 4 heteroatoms. The van der Waals surface area contributed by atoms with Gasteiger partial charge in [-0.1, -0.05) is 41.9 Å². The van der Waals surface area contributed by atoms with Gasteiger partial charge in [0.1, 0.15) is 17.3 Å². The Morgan fingerprint density at radius 3 is 2.22 bits per heavy atom. The first-order valence-electron chi connectivity index (χ1n) is 8.71. The van der Waals surface area contributed by atoms with E-state index >= 15 is 0 Å². The zero-order valence-electron chi connectivity index (χ0n) is 14.9. The fourth-order valence-corrected chi connectivity index (χ4v) is 2.93. The Balaban J connectivity index is 1.48. The van der Waals surface area contributed by atoms with Gasteiger partial charge in [-0.2, -0.15) is 0 Å². The van der Waals surface area contributed by atoms with E-state index in [4.69, 9.17) is 20.8 Å². The standard InChI is InChI=1S/C23H18ClNO2/c1-16-22(25-23(26-16)18-9-11-19(24)12-10-18)15-17-7-13-21(14-8-17)27-20-5-3-2-4-6-20/h2-14H,15H2,1H3. The van der Waals surface area contributed by atoms with Crippen LogP contribution in [-0.2, 0) is 6.42 Å². The molecule has 0 aliphatic rings. The van der Waals surface area contributed by atoms with E-state index in [0.717, 1.165) is 34.1 Å². The Morgan fingerprint density at radius 2 is 1.52 bits per heavy atom. The third-order valence-electron chi connectivity index (χ3n) is 4.26. The van der Waals surface area contributed by atoms with Crippen molar-refractivity contribution >= 4 is 11.6 Å². The van der Waals surface area contributed by atoms with Gasteiger partial charge in [-0.3, -0.25) is 0 Å². The fourth-order valence-electron chi connectivity index (χ4n) is 2.80. The number of halogens is 1. The maximum Gasteiger partial charge on any atom is 0.226 e. The topological polar surface area (TPSA) is 35.3 Å². The molecule has 4 rings (SSSR count). The molecule has 0 N–H and O–H groups in total. The van der Waals surface area contributed by atoms with Gasteiger partial charge >= 0.3 is 0 Å². The summed E-state index contributed by atoms with van der Waals surface area (Å²) in [6, 6.07) is 25.3. The number of aromatic nitrogens is 1. The molecule has 3 nitrogen and oxygen atoms in total. The molecular formula is C23H18ClNO2. The molecule has 0 saturated heterocycles. The molecule has 0 spiro atoms. The number of benzene rings is 3. The van der Waals surface area contributed by atoms with Gasteiger partial charge in [0.2, 0.25) is 5.89 Å². The van der Waals surface area contributed by atoms with Crippen LogP contribution >= 0.6 is 11.6 Å². The predicted octanol–water partition coefficient (Wildman–Crippen LogP) is 6.69. The lowest BCUT2D eigenvalue weighted by Gasteiger charge is -2.06. The minimum atomic E-state index is 0.614. The first-order chi connectivity index (χ1) is 13.2. The highest BCUT2D eigenvalue weighted by molar-refractivity contribution is 6.30. The molecule has 3 aromatic carbocycles. The van der Waals surface area contributed by atoms with E-state index in [2.05, 4.69) is 4.98 Å². The molecule has 1 heterocycles. The molecule has 4 aromatic rings. The summed E-state index contributed by atoms with van der Waals surface area (Å²) in [5, 5.41) is 0.695. The molecule has 0 aliphatic heterocycles. The lowest BCUT2D eigenvalue weighted by molar-refractivity contribution is 0.482. The zero-order chi connectivity index (χ0) is 18.6. The minimum Gasteiger partial charge on any atom is -0.457 e. The number of hydrogen-bond donors (Lipinski definition) is 0. The van der Waals surface area contributed by atoms with Gasteiger partial charge < -0.3 is 9.15 Å². The van der Waals surface area contributed by atoms with Gasteiger partial charge in [-0.15, -0.1) is 0 Å². The molecule has 0 atom stereocenters. The maximum absolute atomic E-state index is 5.95. The first-order valence-corrected chi connectivity index (χ1v) is 9.09. The lowest BCUT2D eigenvalue weighted by atomic mass is 10.1. The summed E-state index contributed by atoms with van der Waals surface area (Å²) in [6.45, 7) is 1.94.